The molecule has 4 nitrogen and oxygen atoms in total. The summed E-state index contributed by atoms with van der Waals surface area (Å²) < 4.78 is 5.30. The molecule has 0 aromatic rings. The maximum absolute atomic E-state index is 11.7. The van der Waals surface area contributed by atoms with E-state index in [-0.39, 0.29) is 11.5 Å². The average molecular weight is 222 g/mol. The van der Waals surface area contributed by atoms with E-state index in [1.807, 2.05) is 0 Å². The zero-order valence-corrected chi connectivity index (χ0v) is 9.57. The second kappa shape index (κ2) is 4.73. The van der Waals surface area contributed by atoms with Gasteiger partial charge in [-0.3, -0.25) is 0 Å². The molecule has 1 heterocycles. The molecule has 0 aromatic carbocycles. The van der Waals surface area contributed by atoms with Gasteiger partial charge in [0.05, 0.1) is 12.7 Å². The molecule has 0 bridgehead atoms. The molecular formula is C12H18N2O2. The van der Waals surface area contributed by atoms with E-state index >= 15 is 0 Å². The van der Waals surface area contributed by atoms with Gasteiger partial charge >= 0.3 is 6.09 Å². The molecule has 0 spiro atoms. The van der Waals surface area contributed by atoms with Crippen LogP contribution in [0.5, 0.6) is 0 Å². The van der Waals surface area contributed by atoms with Gasteiger partial charge in [0.15, 0.2) is 0 Å². The highest BCUT2D eigenvalue weighted by atomic mass is 16.6. The Morgan fingerprint density at radius 1 is 1.31 bits per heavy atom. The number of piperidine rings is 1. The minimum absolute atomic E-state index is 0.000195. The maximum atomic E-state index is 11.7. The third kappa shape index (κ3) is 2.66. The van der Waals surface area contributed by atoms with Crippen molar-refractivity contribution in [3.63, 3.8) is 0 Å². The van der Waals surface area contributed by atoms with Crippen LogP contribution in [0.25, 0.3) is 0 Å². The van der Waals surface area contributed by atoms with Crippen molar-refractivity contribution in [2.75, 3.05) is 19.7 Å². The van der Waals surface area contributed by atoms with E-state index in [0.717, 1.165) is 38.8 Å². The van der Waals surface area contributed by atoms with Crippen molar-refractivity contribution in [1.29, 1.82) is 5.26 Å². The Hall–Kier alpha value is -1.24. The van der Waals surface area contributed by atoms with Crippen LogP contribution >= 0.6 is 0 Å². The Bertz CT molecular complexity index is 299. The lowest BCUT2D eigenvalue weighted by Crippen LogP contribution is -2.36. The van der Waals surface area contributed by atoms with Gasteiger partial charge in [-0.1, -0.05) is 0 Å². The van der Waals surface area contributed by atoms with Crippen LogP contribution in [0.4, 0.5) is 4.79 Å². The van der Waals surface area contributed by atoms with Crippen molar-refractivity contribution in [2.24, 2.45) is 5.41 Å². The predicted octanol–water partition coefficient (Wildman–Crippen LogP) is 2.30. The molecule has 2 fully saturated rings. The lowest BCUT2D eigenvalue weighted by molar-refractivity contribution is 0.0776. The van der Waals surface area contributed by atoms with E-state index in [9.17, 15) is 4.79 Å². The van der Waals surface area contributed by atoms with Crippen molar-refractivity contribution >= 4 is 6.09 Å². The van der Waals surface area contributed by atoms with Gasteiger partial charge in [0, 0.05) is 24.9 Å². The molecule has 2 aliphatic rings. The van der Waals surface area contributed by atoms with Gasteiger partial charge in [0.2, 0.25) is 0 Å². The van der Waals surface area contributed by atoms with Crippen LogP contribution in [-0.4, -0.2) is 30.7 Å². The Morgan fingerprint density at radius 2 is 2.00 bits per heavy atom. The number of carbonyl (C=O) groups excluding carboxylic acids is 1. The van der Waals surface area contributed by atoms with Crippen molar-refractivity contribution in [1.82, 2.24) is 4.90 Å². The Labute approximate surface area is 96.2 Å². The van der Waals surface area contributed by atoms with E-state index in [4.69, 9.17) is 10.00 Å². The van der Waals surface area contributed by atoms with E-state index in [1.165, 1.54) is 6.42 Å². The normalized spacial score (nSPS) is 22.3. The molecule has 1 saturated carbocycles. The fourth-order valence-corrected chi connectivity index (χ4v) is 2.10. The highest BCUT2D eigenvalue weighted by molar-refractivity contribution is 5.67. The Kier molecular flexibility index (Phi) is 3.33. The quantitative estimate of drug-likeness (QED) is 0.736. The summed E-state index contributed by atoms with van der Waals surface area (Å²) in [4.78, 5) is 13.5. The molecule has 0 N–H and O–H groups in total. The van der Waals surface area contributed by atoms with Gasteiger partial charge in [-0.25, -0.2) is 4.79 Å². The van der Waals surface area contributed by atoms with Gasteiger partial charge in [-0.05, 0) is 32.1 Å². The van der Waals surface area contributed by atoms with Gasteiger partial charge in [-0.15, -0.1) is 0 Å². The second-order valence-corrected chi connectivity index (χ2v) is 4.94. The van der Waals surface area contributed by atoms with Crippen LogP contribution < -0.4 is 0 Å². The third-order valence-corrected chi connectivity index (χ3v) is 3.53. The standard InChI is InChI=1S/C12H18N2O2/c13-7-6-12(4-5-12)10-16-11(15)14-8-2-1-3-9-14/h1-6,8-10H2. The van der Waals surface area contributed by atoms with Crippen LogP contribution in [0.2, 0.25) is 0 Å². The first-order chi connectivity index (χ1) is 7.76. The maximum Gasteiger partial charge on any atom is 0.409 e. The number of hydrogen-bond acceptors (Lipinski definition) is 3. The van der Waals surface area contributed by atoms with Crippen LogP contribution in [0.3, 0.4) is 0 Å². The first-order valence-electron chi connectivity index (χ1n) is 6.04. The summed E-state index contributed by atoms with van der Waals surface area (Å²) >= 11 is 0. The fourth-order valence-electron chi connectivity index (χ4n) is 2.10. The number of nitrogens with zero attached hydrogens (tertiary/aromatic N) is 2. The van der Waals surface area contributed by atoms with Crippen LogP contribution in [-0.2, 0) is 4.74 Å². The molecule has 1 aliphatic heterocycles. The molecule has 1 saturated heterocycles. The van der Waals surface area contributed by atoms with Crippen molar-refractivity contribution in [3.05, 3.63) is 0 Å². The topological polar surface area (TPSA) is 53.3 Å². The van der Waals surface area contributed by atoms with Crippen LogP contribution in [0.15, 0.2) is 0 Å². The van der Waals surface area contributed by atoms with Crippen LogP contribution in [0, 0.1) is 16.7 Å². The van der Waals surface area contributed by atoms with Crippen molar-refractivity contribution in [2.45, 2.75) is 38.5 Å². The average Bonchev–Trinajstić information content (AvgIpc) is 3.08. The molecule has 0 unspecified atom stereocenters. The molecule has 1 aliphatic carbocycles. The molecule has 0 radical (unpaired) electrons. The summed E-state index contributed by atoms with van der Waals surface area (Å²) in [5.41, 5.74) is 0.000195. The fraction of sp³-hybridized carbons (Fsp3) is 0.833. The van der Waals surface area contributed by atoms with Gasteiger partial charge in [0.25, 0.3) is 0 Å². The Morgan fingerprint density at radius 3 is 2.56 bits per heavy atom. The number of ether oxygens (including phenoxy) is 1. The summed E-state index contributed by atoms with van der Waals surface area (Å²) in [5.74, 6) is 0. The highest BCUT2D eigenvalue weighted by Crippen LogP contribution is 2.48. The van der Waals surface area contributed by atoms with E-state index in [1.54, 1.807) is 4.90 Å². The molecule has 0 aromatic heterocycles. The summed E-state index contributed by atoms with van der Waals surface area (Å²) in [6, 6.07) is 2.17. The van der Waals surface area contributed by atoms with Crippen molar-refractivity contribution < 1.29 is 9.53 Å². The van der Waals surface area contributed by atoms with Crippen LogP contribution in [0.1, 0.15) is 38.5 Å². The zero-order chi connectivity index (χ0) is 11.4. The largest absolute Gasteiger partial charge is 0.449 e. The predicted molar refractivity (Wildman–Crippen MR) is 58.7 cm³/mol. The monoisotopic (exact) mass is 222 g/mol. The molecule has 2 rings (SSSR count). The second-order valence-electron chi connectivity index (χ2n) is 4.94. The number of rotatable bonds is 3. The molecule has 0 atom stereocenters. The lowest BCUT2D eigenvalue weighted by atomic mass is 10.1. The highest BCUT2D eigenvalue weighted by Gasteiger charge is 2.44. The minimum Gasteiger partial charge on any atom is -0.449 e. The molecular weight excluding hydrogens is 204 g/mol. The number of carbonyl (C=O) groups is 1. The van der Waals surface area contributed by atoms with E-state index in [2.05, 4.69) is 6.07 Å². The smallest absolute Gasteiger partial charge is 0.409 e. The zero-order valence-electron chi connectivity index (χ0n) is 9.57. The molecule has 1 amide bonds. The SMILES string of the molecule is N#CCC1(COC(=O)N2CCCCC2)CC1. The number of likely N-dealkylation sites (tertiary alicyclic amines) is 1. The van der Waals surface area contributed by atoms with Gasteiger partial charge < -0.3 is 9.64 Å². The number of hydrogen-bond donors (Lipinski definition) is 0. The Balaban J connectivity index is 1.73. The molecule has 88 valence electrons. The number of amides is 1. The minimum atomic E-state index is -0.191. The summed E-state index contributed by atoms with van der Waals surface area (Å²) in [6.07, 6.45) is 5.74. The summed E-state index contributed by atoms with van der Waals surface area (Å²) in [5, 5.41) is 8.65. The third-order valence-electron chi connectivity index (χ3n) is 3.53. The van der Waals surface area contributed by atoms with E-state index < -0.39 is 0 Å². The molecule has 16 heavy (non-hydrogen) atoms. The lowest BCUT2D eigenvalue weighted by Gasteiger charge is -2.26. The van der Waals surface area contributed by atoms with Gasteiger partial charge in [-0.2, -0.15) is 5.26 Å². The summed E-state index contributed by atoms with van der Waals surface area (Å²) in [7, 11) is 0. The number of nitriles is 1. The van der Waals surface area contributed by atoms with Gasteiger partial charge in [0.1, 0.15) is 0 Å². The molecule has 4 heteroatoms. The van der Waals surface area contributed by atoms with E-state index in [0.29, 0.717) is 13.0 Å². The first kappa shape index (κ1) is 11.3. The first-order valence-corrected chi connectivity index (χ1v) is 6.04. The van der Waals surface area contributed by atoms with Crippen molar-refractivity contribution in [3.8, 4) is 6.07 Å². The summed E-state index contributed by atoms with van der Waals surface area (Å²) in [6.45, 7) is 2.07.